The number of hydrogen-bond acceptors (Lipinski definition) is 2. The zero-order valence-corrected chi connectivity index (χ0v) is 10.5. The first-order valence-electron chi connectivity index (χ1n) is 5.74. The quantitative estimate of drug-likeness (QED) is 0.690. The van der Waals surface area contributed by atoms with Crippen LogP contribution in [0.2, 0.25) is 0 Å². The van der Waals surface area contributed by atoms with Crippen LogP contribution in [0.15, 0.2) is 34.3 Å². The molecule has 86 valence electrons. The Morgan fingerprint density at radius 1 is 0.750 bits per heavy atom. The first-order valence-corrected chi connectivity index (χ1v) is 5.74. The van der Waals surface area contributed by atoms with E-state index in [-0.39, 0.29) is 0 Å². The van der Waals surface area contributed by atoms with E-state index in [4.69, 9.17) is 0 Å². The lowest BCUT2D eigenvalue weighted by atomic mass is 10.1. The molecule has 1 aromatic rings. The Hall–Kier alpha value is -1.44. The van der Waals surface area contributed by atoms with Crippen LogP contribution >= 0.6 is 0 Å². The van der Waals surface area contributed by atoms with Gasteiger partial charge in [0.25, 0.3) is 0 Å². The van der Waals surface area contributed by atoms with E-state index in [2.05, 4.69) is 61.9 Å². The van der Waals surface area contributed by atoms with Gasteiger partial charge in [-0.25, -0.2) is 0 Å². The van der Waals surface area contributed by atoms with E-state index in [1.165, 1.54) is 0 Å². The van der Waals surface area contributed by atoms with Gasteiger partial charge in [-0.15, -0.1) is 0 Å². The van der Waals surface area contributed by atoms with Crippen molar-refractivity contribution in [3.05, 3.63) is 35.4 Å². The van der Waals surface area contributed by atoms with Crippen molar-refractivity contribution in [1.29, 1.82) is 0 Å². The summed E-state index contributed by atoms with van der Waals surface area (Å²) in [6, 6.07) is 8.95. The van der Waals surface area contributed by atoms with E-state index in [9.17, 15) is 0 Å². The van der Waals surface area contributed by atoms with Crippen molar-refractivity contribution < 1.29 is 0 Å². The Kier molecular flexibility index (Phi) is 4.90. The van der Waals surface area contributed by atoms with Crippen molar-refractivity contribution in [3.63, 3.8) is 0 Å². The minimum absolute atomic E-state index is 0.349. The molecule has 1 rings (SSSR count). The minimum Gasteiger partial charge on any atom is -0.290 e. The summed E-state index contributed by atoms with van der Waals surface area (Å²) in [4.78, 5) is 8.68. The molecule has 1 aromatic carbocycles. The van der Waals surface area contributed by atoms with Gasteiger partial charge in [0.2, 0.25) is 0 Å². The highest BCUT2D eigenvalue weighted by atomic mass is 14.7. The van der Waals surface area contributed by atoms with E-state index < -0.39 is 0 Å². The zero-order valence-electron chi connectivity index (χ0n) is 10.5. The van der Waals surface area contributed by atoms with E-state index in [1.807, 2.05) is 12.4 Å². The number of benzene rings is 1. The molecule has 0 fully saturated rings. The van der Waals surface area contributed by atoms with Crippen LogP contribution in [-0.2, 0) is 0 Å². The van der Waals surface area contributed by atoms with Crippen molar-refractivity contribution in [1.82, 2.24) is 0 Å². The van der Waals surface area contributed by atoms with Crippen LogP contribution in [0, 0.1) is 0 Å². The topological polar surface area (TPSA) is 24.7 Å². The van der Waals surface area contributed by atoms with E-state index in [0.717, 1.165) is 11.1 Å². The van der Waals surface area contributed by atoms with Gasteiger partial charge in [0.1, 0.15) is 0 Å². The number of hydrogen-bond donors (Lipinski definition) is 0. The van der Waals surface area contributed by atoms with Crippen LogP contribution < -0.4 is 0 Å². The molecule has 0 radical (unpaired) electrons. The maximum absolute atomic E-state index is 4.34. The Balaban J connectivity index is 2.68. The molecular formula is C14H20N2. The van der Waals surface area contributed by atoms with Gasteiger partial charge in [-0.2, -0.15) is 0 Å². The standard InChI is InChI=1S/C14H20N2/c1-11(2)15-9-13-5-7-14(8-6-13)10-16-12(3)4/h5-12H,1-4H3. The van der Waals surface area contributed by atoms with Gasteiger partial charge in [-0.3, -0.25) is 9.98 Å². The van der Waals surface area contributed by atoms with Crippen molar-refractivity contribution in [2.75, 3.05) is 0 Å². The molecule has 2 nitrogen and oxygen atoms in total. The van der Waals surface area contributed by atoms with Gasteiger partial charge in [-0.05, 0) is 38.8 Å². The first kappa shape index (κ1) is 12.6. The molecule has 0 aromatic heterocycles. The molecule has 0 heterocycles. The van der Waals surface area contributed by atoms with Crippen LogP contribution in [0.5, 0.6) is 0 Å². The highest BCUT2D eigenvalue weighted by Crippen LogP contribution is 2.01. The molecule has 16 heavy (non-hydrogen) atoms. The Bertz CT molecular complexity index is 322. The maximum atomic E-state index is 4.34. The highest BCUT2D eigenvalue weighted by Gasteiger charge is 1.91. The molecule has 0 saturated heterocycles. The molecule has 0 bridgehead atoms. The molecule has 0 unspecified atom stereocenters. The highest BCUT2D eigenvalue weighted by molar-refractivity contribution is 5.84. The Labute approximate surface area is 98.1 Å². The van der Waals surface area contributed by atoms with Crippen molar-refractivity contribution >= 4 is 12.4 Å². The lowest BCUT2D eigenvalue weighted by Gasteiger charge is -1.98. The van der Waals surface area contributed by atoms with E-state index in [0.29, 0.717) is 12.1 Å². The average molecular weight is 216 g/mol. The summed E-state index contributed by atoms with van der Waals surface area (Å²) >= 11 is 0. The van der Waals surface area contributed by atoms with Crippen molar-refractivity contribution in [2.45, 2.75) is 39.8 Å². The summed E-state index contributed by atoms with van der Waals surface area (Å²) in [5, 5.41) is 0. The molecule has 0 spiro atoms. The lowest BCUT2D eigenvalue weighted by Crippen LogP contribution is -1.92. The lowest BCUT2D eigenvalue weighted by molar-refractivity contribution is 0.840. The molecular weight excluding hydrogens is 196 g/mol. The molecule has 0 saturated carbocycles. The van der Waals surface area contributed by atoms with Crippen molar-refractivity contribution in [2.24, 2.45) is 9.98 Å². The fourth-order valence-electron chi connectivity index (χ4n) is 1.14. The summed E-state index contributed by atoms with van der Waals surface area (Å²) in [7, 11) is 0. The van der Waals surface area contributed by atoms with Gasteiger partial charge in [0.05, 0.1) is 0 Å². The SMILES string of the molecule is CC(C)N=Cc1ccc(C=NC(C)C)cc1. The first-order chi connectivity index (χ1) is 7.58. The van der Waals surface area contributed by atoms with Gasteiger partial charge in [-0.1, -0.05) is 24.3 Å². The molecule has 0 N–H and O–H groups in total. The monoisotopic (exact) mass is 216 g/mol. The second-order valence-electron chi connectivity index (χ2n) is 4.41. The molecule has 0 aliphatic heterocycles. The smallest absolute Gasteiger partial charge is 0.0443 e. The van der Waals surface area contributed by atoms with Crippen LogP contribution in [0.1, 0.15) is 38.8 Å². The van der Waals surface area contributed by atoms with Gasteiger partial charge >= 0.3 is 0 Å². The largest absolute Gasteiger partial charge is 0.290 e. The predicted molar refractivity (Wildman–Crippen MR) is 71.9 cm³/mol. The summed E-state index contributed by atoms with van der Waals surface area (Å²) in [5.74, 6) is 0. The fourth-order valence-corrected chi connectivity index (χ4v) is 1.14. The fraction of sp³-hybridized carbons (Fsp3) is 0.429. The van der Waals surface area contributed by atoms with Crippen LogP contribution in [0.25, 0.3) is 0 Å². The number of nitrogens with zero attached hydrogens (tertiary/aromatic N) is 2. The summed E-state index contributed by atoms with van der Waals surface area (Å²) in [6.45, 7) is 8.28. The normalized spacial score (nSPS) is 12.4. The maximum Gasteiger partial charge on any atom is 0.0443 e. The molecule has 0 aliphatic rings. The van der Waals surface area contributed by atoms with Gasteiger partial charge < -0.3 is 0 Å². The van der Waals surface area contributed by atoms with Crippen LogP contribution in [0.4, 0.5) is 0 Å². The van der Waals surface area contributed by atoms with Crippen LogP contribution in [-0.4, -0.2) is 24.5 Å². The summed E-state index contributed by atoms with van der Waals surface area (Å²) < 4.78 is 0. The third kappa shape index (κ3) is 4.87. The Morgan fingerprint density at radius 2 is 1.06 bits per heavy atom. The Morgan fingerprint density at radius 3 is 1.31 bits per heavy atom. The van der Waals surface area contributed by atoms with Crippen molar-refractivity contribution in [3.8, 4) is 0 Å². The van der Waals surface area contributed by atoms with E-state index in [1.54, 1.807) is 0 Å². The van der Waals surface area contributed by atoms with Gasteiger partial charge in [0, 0.05) is 24.5 Å². The summed E-state index contributed by atoms with van der Waals surface area (Å²) in [6.07, 6.45) is 3.82. The average Bonchev–Trinajstić information content (AvgIpc) is 2.25. The van der Waals surface area contributed by atoms with Gasteiger partial charge in [0.15, 0.2) is 0 Å². The number of aliphatic imine (C=N–C) groups is 2. The third-order valence-corrected chi connectivity index (χ3v) is 1.98. The zero-order chi connectivity index (χ0) is 12.0. The summed E-state index contributed by atoms with van der Waals surface area (Å²) in [5.41, 5.74) is 2.27. The molecule has 2 heteroatoms. The second kappa shape index (κ2) is 6.21. The van der Waals surface area contributed by atoms with Crippen LogP contribution in [0.3, 0.4) is 0 Å². The number of rotatable bonds is 4. The second-order valence-corrected chi connectivity index (χ2v) is 4.41. The minimum atomic E-state index is 0.349. The predicted octanol–water partition coefficient (Wildman–Crippen LogP) is 3.34. The molecule has 0 atom stereocenters. The van der Waals surface area contributed by atoms with E-state index >= 15 is 0 Å². The molecule has 0 aliphatic carbocycles. The third-order valence-electron chi connectivity index (χ3n) is 1.98. The molecule has 0 amide bonds.